The molecule has 0 aliphatic carbocycles. The van der Waals surface area contributed by atoms with Crippen LogP contribution in [-0.4, -0.2) is 20.7 Å². The van der Waals surface area contributed by atoms with Crippen molar-refractivity contribution in [2.24, 2.45) is 7.05 Å². The van der Waals surface area contributed by atoms with Gasteiger partial charge in [-0.05, 0) is 63.4 Å². The van der Waals surface area contributed by atoms with Gasteiger partial charge < -0.3 is 5.32 Å². The molecule has 27 heavy (non-hydrogen) atoms. The van der Waals surface area contributed by atoms with Gasteiger partial charge in [0, 0.05) is 12.7 Å². The molecular weight excluding hydrogens is 360 g/mol. The number of aryl methyl sites for hydroxylation is 5. The number of amides is 1. The van der Waals surface area contributed by atoms with Gasteiger partial charge in [-0.3, -0.25) is 9.59 Å². The number of benzene rings is 1. The van der Waals surface area contributed by atoms with Crippen LogP contribution in [0.1, 0.15) is 37.7 Å². The predicted molar refractivity (Wildman–Crippen MR) is 109 cm³/mol. The number of aromatic nitrogens is 3. The molecule has 7 heteroatoms. The van der Waals surface area contributed by atoms with Crippen LogP contribution in [0, 0.1) is 34.6 Å². The minimum absolute atomic E-state index is 0.215. The maximum Gasteiger partial charge on any atom is 0.277 e. The average Bonchev–Trinajstić information content (AvgIpc) is 2.94. The third-order valence-electron chi connectivity index (χ3n) is 4.42. The fourth-order valence-electron chi connectivity index (χ4n) is 3.05. The Morgan fingerprint density at radius 1 is 1.04 bits per heavy atom. The molecule has 1 amide bonds. The van der Waals surface area contributed by atoms with Crippen LogP contribution in [0.3, 0.4) is 0 Å². The van der Waals surface area contributed by atoms with E-state index in [2.05, 4.69) is 21.5 Å². The van der Waals surface area contributed by atoms with Crippen molar-refractivity contribution in [1.82, 2.24) is 14.8 Å². The molecule has 0 aliphatic rings. The van der Waals surface area contributed by atoms with Crippen molar-refractivity contribution in [3.8, 4) is 10.6 Å². The molecule has 140 valence electrons. The Morgan fingerprint density at radius 2 is 1.67 bits per heavy atom. The smallest absolute Gasteiger partial charge is 0.277 e. The van der Waals surface area contributed by atoms with Gasteiger partial charge in [0.15, 0.2) is 0 Å². The van der Waals surface area contributed by atoms with E-state index in [1.165, 1.54) is 16.0 Å². The molecule has 6 nitrogen and oxygen atoms in total. The Hall–Kier alpha value is -2.80. The summed E-state index contributed by atoms with van der Waals surface area (Å²) >= 11 is 1.23. The summed E-state index contributed by atoms with van der Waals surface area (Å²) < 4.78 is 1.31. The number of nitrogens with zero attached hydrogens (tertiary/aromatic N) is 3. The van der Waals surface area contributed by atoms with Gasteiger partial charge in [0.2, 0.25) is 0 Å². The zero-order chi connectivity index (χ0) is 19.9. The van der Waals surface area contributed by atoms with Gasteiger partial charge in [0.05, 0.1) is 17.0 Å². The molecule has 0 unspecified atom stereocenters. The standard InChI is InChI=1S/C20H22N4O2S/c1-10-7-11(2)9-15(8-10)22-18(25)17-14(5)21-19(27-17)16-12(3)13(4)23-24(6)20(16)26/h7-9H,1-6H3,(H,22,25). The highest BCUT2D eigenvalue weighted by Gasteiger charge is 2.21. The third-order valence-corrected chi connectivity index (χ3v) is 5.60. The summed E-state index contributed by atoms with van der Waals surface area (Å²) in [6.45, 7) is 9.47. The van der Waals surface area contributed by atoms with Crippen LogP contribution >= 0.6 is 11.3 Å². The molecule has 0 aliphatic heterocycles. The number of hydrogen-bond donors (Lipinski definition) is 1. The maximum absolute atomic E-state index is 12.8. The van der Waals surface area contributed by atoms with E-state index in [0.717, 1.165) is 28.1 Å². The molecule has 3 rings (SSSR count). The summed E-state index contributed by atoms with van der Waals surface area (Å²) in [5.41, 5.74) is 5.36. The van der Waals surface area contributed by atoms with Gasteiger partial charge >= 0.3 is 0 Å². The van der Waals surface area contributed by atoms with Gasteiger partial charge in [-0.25, -0.2) is 9.67 Å². The van der Waals surface area contributed by atoms with Gasteiger partial charge in [0.1, 0.15) is 9.88 Å². The SMILES string of the molecule is Cc1cc(C)cc(NC(=O)c2sc(-c3c(C)c(C)nn(C)c3=O)nc2C)c1. The Kier molecular flexibility index (Phi) is 4.97. The molecule has 0 atom stereocenters. The summed E-state index contributed by atoms with van der Waals surface area (Å²) in [6.07, 6.45) is 0. The Bertz CT molecular complexity index is 1090. The summed E-state index contributed by atoms with van der Waals surface area (Å²) in [5, 5.41) is 7.67. The van der Waals surface area contributed by atoms with Crippen LogP contribution in [0.4, 0.5) is 5.69 Å². The fourth-order valence-corrected chi connectivity index (χ4v) is 4.10. The lowest BCUT2D eigenvalue weighted by Crippen LogP contribution is -2.23. The van der Waals surface area contributed by atoms with Crippen LogP contribution in [0.2, 0.25) is 0 Å². The molecule has 1 aromatic carbocycles. The first-order valence-electron chi connectivity index (χ1n) is 8.59. The van der Waals surface area contributed by atoms with E-state index in [-0.39, 0.29) is 11.5 Å². The molecule has 0 radical (unpaired) electrons. The van der Waals surface area contributed by atoms with Crippen LogP contribution in [0.5, 0.6) is 0 Å². The molecule has 2 aromatic heterocycles. The van der Waals surface area contributed by atoms with Crippen molar-refractivity contribution in [2.45, 2.75) is 34.6 Å². The van der Waals surface area contributed by atoms with Gasteiger partial charge in [0.25, 0.3) is 11.5 Å². The number of rotatable bonds is 3. The Labute approximate surface area is 161 Å². The average molecular weight is 382 g/mol. The number of anilines is 1. The minimum atomic E-state index is -0.221. The van der Waals surface area contributed by atoms with E-state index in [4.69, 9.17) is 0 Å². The molecule has 3 aromatic rings. The van der Waals surface area contributed by atoms with Crippen LogP contribution in [0.15, 0.2) is 23.0 Å². The van der Waals surface area contributed by atoms with Crippen molar-refractivity contribution in [1.29, 1.82) is 0 Å². The second-order valence-corrected chi connectivity index (χ2v) is 7.78. The molecule has 0 saturated heterocycles. The minimum Gasteiger partial charge on any atom is -0.321 e. The lowest BCUT2D eigenvalue weighted by molar-refractivity contribution is 0.103. The number of carbonyl (C=O) groups is 1. The molecule has 0 fully saturated rings. The molecule has 1 N–H and O–H groups in total. The van der Waals surface area contributed by atoms with E-state index in [1.54, 1.807) is 14.0 Å². The Morgan fingerprint density at radius 3 is 2.30 bits per heavy atom. The molecule has 0 spiro atoms. The lowest BCUT2D eigenvalue weighted by atomic mass is 10.1. The van der Waals surface area contributed by atoms with Gasteiger partial charge in [-0.1, -0.05) is 6.07 Å². The van der Waals surface area contributed by atoms with Gasteiger partial charge in [-0.2, -0.15) is 5.10 Å². The monoisotopic (exact) mass is 382 g/mol. The maximum atomic E-state index is 12.8. The van der Waals surface area contributed by atoms with E-state index >= 15 is 0 Å². The van der Waals surface area contributed by atoms with Crippen molar-refractivity contribution in [3.63, 3.8) is 0 Å². The Balaban J connectivity index is 2.00. The molecule has 0 saturated carbocycles. The van der Waals surface area contributed by atoms with Crippen LogP contribution in [0.25, 0.3) is 10.6 Å². The molecule has 0 bridgehead atoms. The molecular formula is C20H22N4O2S. The summed E-state index contributed by atoms with van der Waals surface area (Å²) in [5.74, 6) is -0.221. The quantitative estimate of drug-likeness (QED) is 0.749. The first-order chi connectivity index (χ1) is 12.7. The van der Waals surface area contributed by atoms with Crippen LogP contribution < -0.4 is 10.9 Å². The van der Waals surface area contributed by atoms with Crippen molar-refractivity contribution >= 4 is 22.9 Å². The summed E-state index contributed by atoms with van der Waals surface area (Å²) in [6, 6.07) is 5.90. The normalized spacial score (nSPS) is 10.9. The van der Waals surface area contributed by atoms with Crippen molar-refractivity contribution in [3.05, 3.63) is 61.5 Å². The number of hydrogen-bond acceptors (Lipinski definition) is 5. The number of nitrogens with one attached hydrogen (secondary N) is 1. The van der Waals surface area contributed by atoms with E-state index < -0.39 is 0 Å². The zero-order valence-electron chi connectivity index (χ0n) is 16.3. The summed E-state index contributed by atoms with van der Waals surface area (Å²) in [7, 11) is 1.62. The first-order valence-corrected chi connectivity index (χ1v) is 9.41. The zero-order valence-corrected chi connectivity index (χ0v) is 17.1. The van der Waals surface area contributed by atoms with Crippen LogP contribution in [-0.2, 0) is 7.05 Å². The fraction of sp³-hybridized carbons (Fsp3) is 0.300. The largest absolute Gasteiger partial charge is 0.321 e. The highest BCUT2D eigenvalue weighted by molar-refractivity contribution is 7.17. The van der Waals surface area contributed by atoms with Crippen molar-refractivity contribution < 1.29 is 4.79 Å². The highest BCUT2D eigenvalue weighted by atomic mass is 32.1. The predicted octanol–water partition coefficient (Wildman–Crippen LogP) is 3.70. The third kappa shape index (κ3) is 3.68. The summed E-state index contributed by atoms with van der Waals surface area (Å²) in [4.78, 5) is 30.3. The highest BCUT2D eigenvalue weighted by Crippen LogP contribution is 2.29. The van der Waals surface area contributed by atoms with E-state index in [9.17, 15) is 9.59 Å². The second-order valence-electron chi connectivity index (χ2n) is 6.78. The van der Waals surface area contributed by atoms with E-state index in [1.807, 2.05) is 39.8 Å². The first kappa shape index (κ1) is 19.0. The lowest BCUT2D eigenvalue weighted by Gasteiger charge is -2.07. The van der Waals surface area contributed by atoms with Crippen molar-refractivity contribution in [2.75, 3.05) is 5.32 Å². The van der Waals surface area contributed by atoms with E-state index in [0.29, 0.717) is 21.1 Å². The molecule has 2 heterocycles. The van der Waals surface area contributed by atoms with Gasteiger partial charge in [-0.15, -0.1) is 11.3 Å². The number of thiazole rings is 1. The second kappa shape index (κ2) is 7.08. The topological polar surface area (TPSA) is 76.9 Å². The number of carbonyl (C=O) groups excluding carboxylic acids is 1.